The van der Waals surface area contributed by atoms with Gasteiger partial charge in [0.25, 0.3) is 10.0 Å². The maximum absolute atomic E-state index is 13.8. The molecule has 3 aromatic rings. The standard InChI is InChI=1S/C26H30N2O7S/c1-18-9-14-24(35-5)25(15-18)36(30,31)28(19-10-12-20(32-2)13-11-19)17-26(29)27-16-21-22(33-3)7-6-8-23(21)34-4/h6-15H,16-17H2,1-5H3,(H,27,29). The number of methoxy groups -OCH3 is 4. The summed E-state index contributed by atoms with van der Waals surface area (Å²) in [5, 5.41) is 2.77. The molecule has 0 aromatic heterocycles. The molecule has 0 aliphatic heterocycles. The number of nitrogens with one attached hydrogen (secondary N) is 1. The van der Waals surface area contributed by atoms with E-state index in [2.05, 4.69) is 5.32 Å². The van der Waals surface area contributed by atoms with Crippen molar-refractivity contribution in [3.63, 3.8) is 0 Å². The van der Waals surface area contributed by atoms with Crippen molar-refractivity contribution in [2.75, 3.05) is 39.3 Å². The highest BCUT2D eigenvalue weighted by Crippen LogP contribution is 2.32. The molecule has 0 saturated carbocycles. The van der Waals surface area contributed by atoms with E-state index in [9.17, 15) is 13.2 Å². The summed E-state index contributed by atoms with van der Waals surface area (Å²) >= 11 is 0. The lowest BCUT2D eigenvalue weighted by Gasteiger charge is -2.25. The first-order chi connectivity index (χ1) is 17.2. The van der Waals surface area contributed by atoms with Gasteiger partial charge in [0.05, 0.1) is 46.2 Å². The monoisotopic (exact) mass is 514 g/mol. The number of carbonyl (C=O) groups excluding carboxylic acids is 1. The minimum atomic E-state index is -4.19. The Morgan fingerprint density at radius 1 is 0.833 bits per heavy atom. The van der Waals surface area contributed by atoms with Crippen molar-refractivity contribution >= 4 is 21.6 Å². The van der Waals surface area contributed by atoms with Gasteiger partial charge in [0.2, 0.25) is 5.91 Å². The maximum Gasteiger partial charge on any atom is 0.268 e. The molecule has 0 aliphatic rings. The Labute approximate surface area is 211 Å². The number of amides is 1. The molecule has 0 atom stereocenters. The molecule has 3 rings (SSSR count). The Kier molecular flexibility index (Phi) is 8.65. The first kappa shape index (κ1) is 26.7. The molecular formula is C26H30N2O7S. The third-order valence-corrected chi connectivity index (χ3v) is 7.32. The van der Waals surface area contributed by atoms with Crippen molar-refractivity contribution in [1.82, 2.24) is 5.32 Å². The minimum absolute atomic E-state index is 0.0417. The number of anilines is 1. The van der Waals surface area contributed by atoms with Gasteiger partial charge in [-0.2, -0.15) is 0 Å². The van der Waals surface area contributed by atoms with Crippen molar-refractivity contribution in [2.45, 2.75) is 18.4 Å². The van der Waals surface area contributed by atoms with Crippen LogP contribution in [0.2, 0.25) is 0 Å². The predicted molar refractivity (Wildman–Crippen MR) is 137 cm³/mol. The van der Waals surface area contributed by atoms with Crippen LogP contribution in [0.5, 0.6) is 23.0 Å². The lowest BCUT2D eigenvalue weighted by Crippen LogP contribution is -2.40. The molecule has 0 spiro atoms. The lowest BCUT2D eigenvalue weighted by molar-refractivity contribution is -0.119. The van der Waals surface area contributed by atoms with Crippen LogP contribution in [-0.2, 0) is 21.4 Å². The highest BCUT2D eigenvalue weighted by molar-refractivity contribution is 7.93. The molecule has 1 N–H and O–H groups in total. The van der Waals surface area contributed by atoms with Gasteiger partial charge in [-0.05, 0) is 61.0 Å². The summed E-state index contributed by atoms with van der Waals surface area (Å²) in [6.45, 7) is 1.39. The fourth-order valence-electron chi connectivity index (χ4n) is 3.64. The molecule has 1 amide bonds. The summed E-state index contributed by atoms with van der Waals surface area (Å²) in [6, 6.07) is 16.5. The second kappa shape index (κ2) is 11.7. The van der Waals surface area contributed by atoms with E-state index in [1.165, 1.54) is 34.5 Å². The molecule has 0 fully saturated rings. The molecule has 192 valence electrons. The summed E-state index contributed by atoms with van der Waals surface area (Å²) in [5.74, 6) is 1.29. The second-order valence-electron chi connectivity index (χ2n) is 7.78. The van der Waals surface area contributed by atoms with E-state index in [0.29, 0.717) is 28.5 Å². The number of sulfonamides is 1. The highest BCUT2D eigenvalue weighted by atomic mass is 32.2. The van der Waals surface area contributed by atoms with E-state index in [1.807, 2.05) is 0 Å². The van der Waals surface area contributed by atoms with Crippen molar-refractivity contribution in [3.8, 4) is 23.0 Å². The van der Waals surface area contributed by atoms with Crippen LogP contribution in [-0.4, -0.2) is 49.3 Å². The summed E-state index contributed by atoms with van der Waals surface area (Å²) < 4.78 is 50.0. The zero-order chi connectivity index (χ0) is 26.3. The molecule has 0 heterocycles. The Hall–Kier alpha value is -3.92. The number of nitrogens with zero attached hydrogens (tertiary/aromatic N) is 1. The van der Waals surface area contributed by atoms with Crippen LogP contribution in [0.15, 0.2) is 65.6 Å². The van der Waals surface area contributed by atoms with Crippen LogP contribution < -0.4 is 28.6 Å². The van der Waals surface area contributed by atoms with E-state index in [4.69, 9.17) is 18.9 Å². The Morgan fingerprint density at radius 3 is 2.00 bits per heavy atom. The molecule has 36 heavy (non-hydrogen) atoms. The minimum Gasteiger partial charge on any atom is -0.497 e. The summed E-state index contributed by atoms with van der Waals surface area (Å²) in [5.41, 5.74) is 1.66. The molecule has 0 bridgehead atoms. The number of benzene rings is 3. The molecule has 0 saturated heterocycles. The smallest absolute Gasteiger partial charge is 0.268 e. The second-order valence-corrected chi connectivity index (χ2v) is 9.61. The summed E-state index contributed by atoms with van der Waals surface area (Å²) in [6.07, 6.45) is 0. The van der Waals surface area contributed by atoms with E-state index in [1.54, 1.807) is 61.5 Å². The number of hydrogen-bond donors (Lipinski definition) is 1. The van der Waals surface area contributed by atoms with Gasteiger partial charge in [-0.3, -0.25) is 9.10 Å². The quantitative estimate of drug-likeness (QED) is 0.417. The summed E-state index contributed by atoms with van der Waals surface area (Å²) in [4.78, 5) is 13.0. The number of carbonyl (C=O) groups is 1. The van der Waals surface area contributed by atoms with Gasteiger partial charge in [0.1, 0.15) is 34.4 Å². The van der Waals surface area contributed by atoms with E-state index < -0.39 is 22.5 Å². The van der Waals surface area contributed by atoms with Crippen molar-refractivity contribution in [1.29, 1.82) is 0 Å². The normalized spacial score (nSPS) is 10.9. The third kappa shape index (κ3) is 5.83. The molecule has 9 nitrogen and oxygen atoms in total. The Morgan fingerprint density at radius 2 is 1.44 bits per heavy atom. The van der Waals surface area contributed by atoms with Crippen LogP contribution in [0.1, 0.15) is 11.1 Å². The van der Waals surface area contributed by atoms with Gasteiger partial charge in [0.15, 0.2) is 0 Å². The first-order valence-corrected chi connectivity index (χ1v) is 12.5. The van der Waals surface area contributed by atoms with Crippen LogP contribution in [0.4, 0.5) is 5.69 Å². The van der Waals surface area contributed by atoms with Gasteiger partial charge < -0.3 is 24.3 Å². The van der Waals surface area contributed by atoms with Crippen molar-refractivity contribution in [3.05, 3.63) is 71.8 Å². The van der Waals surface area contributed by atoms with Crippen LogP contribution in [0.25, 0.3) is 0 Å². The predicted octanol–water partition coefficient (Wildman–Crippen LogP) is 3.54. The highest BCUT2D eigenvalue weighted by Gasteiger charge is 2.30. The zero-order valence-corrected chi connectivity index (χ0v) is 21.7. The van der Waals surface area contributed by atoms with E-state index in [-0.39, 0.29) is 17.2 Å². The zero-order valence-electron chi connectivity index (χ0n) is 20.9. The third-order valence-electron chi connectivity index (χ3n) is 5.53. The number of rotatable bonds is 11. The van der Waals surface area contributed by atoms with E-state index in [0.717, 1.165) is 9.87 Å². The number of ether oxygens (including phenoxy) is 4. The topological polar surface area (TPSA) is 103 Å². The van der Waals surface area contributed by atoms with Crippen molar-refractivity contribution < 1.29 is 32.2 Å². The van der Waals surface area contributed by atoms with Gasteiger partial charge in [0, 0.05) is 0 Å². The average molecular weight is 515 g/mol. The van der Waals surface area contributed by atoms with Gasteiger partial charge in [-0.15, -0.1) is 0 Å². The maximum atomic E-state index is 13.8. The number of hydrogen-bond acceptors (Lipinski definition) is 7. The molecule has 0 aliphatic carbocycles. The fraction of sp³-hybridized carbons (Fsp3) is 0.269. The lowest BCUT2D eigenvalue weighted by atomic mass is 10.1. The molecule has 3 aromatic carbocycles. The van der Waals surface area contributed by atoms with Crippen molar-refractivity contribution in [2.24, 2.45) is 0 Å². The van der Waals surface area contributed by atoms with Gasteiger partial charge in [-0.25, -0.2) is 8.42 Å². The molecular weight excluding hydrogens is 484 g/mol. The summed E-state index contributed by atoms with van der Waals surface area (Å²) in [7, 11) is 1.77. The fourth-order valence-corrected chi connectivity index (χ4v) is 5.31. The van der Waals surface area contributed by atoms with Crippen LogP contribution in [0, 0.1) is 6.92 Å². The molecule has 0 radical (unpaired) electrons. The molecule has 10 heteroatoms. The van der Waals surface area contributed by atoms with Gasteiger partial charge in [-0.1, -0.05) is 12.1 Å². The SMILES string of the molecule is COc1ccc(N(CC(=O)NCc2c(OC)cccc2OC)S(=O)(=O)c2cc(C)ccc2OC)cc1. The number of aryl methyl sites for hydroxylation is 1. The first-order valence-electron chi connectivity index (χ1n) is 11.0. The van der Waals surface area contributed by atoms with Crippen LogP contribution in [0.3, 0.4) is 0 Å². The Bertz CT molecular complexity index is 1290. The van der Waals surface area contributed by atoms with E-state index >= 15 is 0 Å². The van der Waals surface area contributed by atoms with Gasteiger partial charge >= 0.3 is 0 Å². The van der Waals surface area contributed by atoms with Crippen LogP contribution >= 0.6 is 0 Å². The molecule has 0 unspecified atom stereocenters. The largest absolute Gasteiger partial charge is 0.497 e. The average Bonchev–Trinajstić information content (AvgIpc) is 2.90. The Balaban J connectivity index is 1.95.